The van der Waals surface area contributed by atoms with E-state index in [4.69, 9.17) is 0 Å². The summed E-state index contributed by atoms with van der Waals surface area (Å²) in [5.74, 6) is -0.276. The third kappa shape index (κ3) is 2.11. The number of esters is 1. The maximum absolute atomic E-state index is 11.1. The van der Waals surface area contributed by atoms with E-state index >= 15 is 0 Å². The molecule has 0 aliphatic heterocycles. The molecule has 84 valence electrons. The van der Waals surface area contributed by atoms with E-state index in [9.17, 15) is 4.79 Å². The molecular formula is C10H11N3O2S. The van der Waals surface area contributed by atoms with Gasteiger partial charge in [-0.2, -0.15) is 5.10 Å². The summed E-state index contributed by atoms with van der Waals surface area (Å²) in [7, 11) is 3.23. The molecule has 16 heavy (non-hydrogen) atoms. The van der Waals surface area contributed by atoms with Crippen LogP contribution in [0.15, 0.2) is 17.6 Å². The van der Waals surface area contributed by atoms with Gasteiger partial charge >= 0.3 is 5.97 Å². The number of thiazole rings is 1. The van der Waals surface area contributed by atoms with Crippen LogP contribution in [0.3, 0.4) is 0 Å². The van der Waals surface area contributed by atoms with E-state index in [2.05, 4.69) is 14.8 Å². The highest BCUT2D eigenvalue weighted by Gasteiger charge is 2.10. The van der Waals surface area contributed by atoms with Crippen LogP contribution in [0.2, 0.25) is 0 Å². The van der Waals surface area contributed by atoms with Gasteiger partial charge in [0.25, 0.3) is 0 Å². The monoisotopic (exact) mass is 237 g/mol. The summed E-state index contributed by atoms with van der Waals surface area (Å²) in [4.78, 5) is 15.4. The minimum Gasteiger partial charge on any atom is -0.469 e. The molecule has 0 spiro atoms. The molecule has 0 atom stereocenters. The Morgan fingerprint density at radius 1 is 1.62 bits per heavy atom. The number of aromatic nitrogens is 3. The van der Waals surface area contributed by atoms with E-state index in [-0.39, 0.29) is 12.4 Å². The minimum absolute atomic E-state index is 0.213. The van der Waals surface area contributed by atoms with Gasteiger partial charge in [0.2, 0.25) is 0 Å². The van der Waals surface area contributed by atoms with Gasteiger partial charge in [-0.05, 0) is 6.07 Å². The lowest BCUT2D eigenvalue weighted by Gasteiger charge is -1.96. The molecular weight excluding hydrogens is 226 g/mol. The first-order valence-corrected chi connectivity index (χ1v) is 5.58. The summed E-state index contributed by atoms with van der Waals surface area (Å²) >= 11 is 1.49. The molecule has 2 aromatic heterocycles. The topological polar surface area (TPSA) is 57.0 Å². The maximum atomic E-state index is 11.1. The Balaban J connectivity index is 2.20. The Bertz CT molecular complexity index is 504. The lowest BCUT2D eigenvalue weighted by Crippen LogP contribution is -2.04. The van der Waals surface area contributed by atoms with E-state index in [1.807, 2.05) is 18.5 Å². The number of rotatable bonds is 3. The molecule has 0 aromatic carbocycles. The zero-order valence-electron chi connectivity index (χ0n) is 9.01. The molecule has 0 saturated carbocycles. The van der Waals surface area contributed by atoms with Crippen molar-refractivity contribution in [1.29, 1.82) is 0 Å². The van der Waals surface area contributed by atoms with Crippen molar-refractivity contribution in [3.8, 4) is 10.7 Å². The number of aryl methyl sites for hydroxylation is 1. The van der Waals surface area contributed by atoms with Gasteiger partial charge in [-0.3, -0.25) is 9.48 Å². The van der Waals surface area contributed by atoms with E-state index in [1.54, 1.807) is 10.9 Å². The van der Waals surface area contributed by atoms with Gasteiger partial charge in [0, 0.05) is 18.6 Å². The number of carbonyl (C=O) groups excluding carboxylic acids is 1. The smallest absolute Gasteiger partial charge is 0.311 e. The predicted molar refractivity (Wildman–Crippen MR) is 60.0 cm³/mol. The van der Waals surface area contributed by atoms with Crippen molar-refractivity contribution in [1.82, 2.24) is 14.8 Å². The van der Waals surface area contributed by atoms with E-state index in [0.29, 0.717) is 0 Å². The molecule has 6 heteroatoms. The summed E-state index contributed by atoms with van der Waals surface area (Å²) in [5.41, 5.74) is 1.68. The molecule has 0 amide bonds. The third-order valence-corrected chi connectivity index (χ3v) is 3.06. The molecule has 0 fully saturated rings. The van der Waals surface area contributed by atoms with Crippen molar-refractivity contribution in [3.05, 3.63) is 23.3 Å². The molecule has 0 radical (unpaired) electrons. The number of hydrogen-bond donors (Lipinski definition) is 0. The highest BCUT2D eigenvalue weighted by atomic mass is 32.1. The summed E-state index contributed by atoms with van der Waals surface area (Å²) in [6, 6.07) is 1.89. The molecule has 0 aliphatic rings. The average Bonchev–Trinajstić information content (AvgIpc) is 2.86. The van der Waals surface area contributed by atoms with Crippen LogP contribution >= 0.6 is 11.3 Å². The average molecular weight is 237 g/mol. The first-order chi connectivity index (χ1) is 7.70. The van der Waals surface area contributed by atoms with Crippen molar-refractivity contribution < 1.29 is 9.53 Å². The summed E-state index contributed by atoms with van der Waals surface area (Å²) in [5, 5.41) is 6.79. The maximum Gasteiger partial charge on any atom is 0.311 e. The van der Waals surface area contributed by atoms with Gasteiger partial charge in [0.15, 0.2) is 0 Å². The molecule has 0 unspecified atom stereocenters. The Kier molecular flexibility index (Phi) is 3.00. The number of nitrogens with zero attached hydrogens (tertiary/aromatic N) is 3. The summed E-state index contributed by atoms with van der Waals surface area (Å²) < 4.78 is 6.34. The Labute approximate surface area is 96.7 Å². The second-order valence-corrected chi connectivity index (χ2v) is 4.10. The van der Waals surface area contributed by atoms with E-state index in [1.165, 1.54) is 18.4 Å². The standard InChI is InChI=1S/C10H11N3O2S/c1-13-8(3-4-11-13)10-12-7(6-16-10)5-9(14)15-2/h3-4,6H,5H2,1-2H3. The van der Waals surface area contributed by atoms with Gasteiger partial charge in [-0.15, -0.1) is 11.3 Å². The van der Waals surface area contributed by atoms with Crippen LogP contribution in [-0.2, 0) is 23.0 Å². The zero-order chi connectivity index (χ0) is 11.5. The van der Waals surface area contributed by atoms with Gasteiger partial charge < -0.3 is 4.74 Å². The molecule has 0 aliphatic carbocycles. The lowest BCUT2D eigenvalue weighted by molar-refractivity contribution is -0.139. The van der Waals surface area contributed by atoms with Crippen LogP contribution < -0.4 is 0 Å². The molecule has 2 aromatic rings. The van der Waals surface area contributed by atoms with Crippen LogP contribution in [0, 0.1) is 0 Å². The Morgan fingerprint density at radius 2 is 2.44 bits per heavy atom. The highest BCUT2D eigenvalue weighted by molar-refractivity contribution is 7.13. The molecule has 5 nitrogen and oxygen atoms in total. The van der Waals surface area contributed by atoms with Gasteiger partial charge in [0.05, 0.1) is 24.9 Å². The van der Waals surface area contributed by atoms with Crippen LogP contribution in [0.4, 0.5) is 0 Å². The van der Waals surface area contributed by atoms with Gasteiger partial charge in [-0.25, -0.2) is 4.98 Å². The van der Waals surface area contributed by atoms with Gasteiger partial charge in [-0.1, -0.05) is 0 Å². The molecule has 2 rings (SSSR count). The number of methoxy groups -OCH3 is 1. The first kappa shape index (κ1) is 10.8. The van der Waals surface area contributed by atoms with Crippen molar-refractivity contribution >= 4 is 17.3 Å². The molecule has 0 saturated heterocycles. The number of carbonyl (C=O) groups is 1. The second kappa shape index (κ2) is 4.44. The van der Waals surface area contributed by atoms with Crippen molar-refractivity contribution in [3.63, 3.8) is 0 Å². The normalized spacial score (nSPS) is 10.4. The quantitative estimate of drug-likeness (QED) is 0.754. The van der Waals surface area contributed by atoms with Crippen LogP contribution in [0.25, 0.3) is 10.7 Å². The van der Waals surface area contributed by atoms with E-state index in [0.717, 1.165) is 16.4 Å². The van der Waals surface area contributed by atoms with Crippen LogP contribution in [0.1, 0.15) is 5.69 Å². The second-order valence-electron chi connectivity index (χ2n) is 3.24. The Morgan fingerprint density at radius 3 is 3.06 bits per heavy atom. The summed E-state index contributed by atoms with van der Waals surface area (Å²) in [6.45, 7) is 0. The fourth-order valence-corrected chi connectivity index (χ4v) is 2.18. The fourth-order valence-electron chi connectivity index (χ4n) is 1.31. The minimum atomic E-state index is -0.276. The van der Waals surface area contributed by atoms with E-state index < -0.39 is 0 Å². The SMILES string of the molecule is COC(=O)Cc1csc(-c2ccnn2C)n1. The molecule has 0 bridgehead atoms. The number of hydrogen-bond acceptors (Lipinski definition) is 5. The predicted octanol–water partition coefficient (Wildman–Crippen LogP) is 1.26. The Hall–Kier alpha value is -1.69. The fraction of sp³-hybridized carbons (Fsp3) is 0.300. The first-order valence-electron chi connectivity index (χ1n) is 4.70. The van der Waals surface area contributed by atoms with Gasteiger partial charge in [0.1, 0.15) is 5.01 Å². The lowest BCUT2D eigenvalue weighted by atomic mass is 10.3. The molecule has 0 N–H and O–H groups in total. The van der Waals surface area contributed by atoms with Crippen LogP contribution in [-0.4, -0.2) is 27.8 Å². The third-order valence-electron chi connectivity index (χ3n) is 2.14. The zero-order valence-corrected chi connectivity index (χ0v) is 9.82. The molecule has 2 heterocycles. The van der Waals surface area contributed by atoms with Crippen LogP contribution in [0.5, 0.6) is 0 Å². The van der Waals surface area contributed by atoms with Crippen molar-refractivity contribution in [2.24, 2.45) is 7.05 Å². The largest absolute Gasteiger partial charge is 0.469 e. The summed E-state index contributed by atoms with van der Waals surface area (Å²) in [6.07, 6.45) is 1.93. The van der Waals surface area contributed by atoms with Crippen molar-refractivity contribution in [2.45, 2.75) is 6.42 Å². The highest BCUT2D eigenvalue weighted by Crippen LogP contribution is 2.22. The number of ether oxygens (including phenoxy) is 1. The van der Waals surface area contributed by atoms with Crippen molar-refractivity contribution in [2.75, 3.05) is 7.11 Å².